The molecule has 0 N–H and O–H groups in total. The Morgan fingerprint density at radius 1 is 1.29 bits per heavy atom. The first-order valence-corrected chi connectivity index (χ1v) is 7.93. The topological polar surface area (TPSA) is 73.8 Å². The van der Waals surface area contributed by atoms with Gasteiger partial charge >= 0.3 is 0 Å². The summed E-state index contributed by atoms with van der Waals surface area (Å²) in [5.41, 5.74) is 0.778. The van der Waals surface area contributed by atoms with E-state index >= 15 is 0 Å². The molecule has 2 aromatic heterocycles. The van der Waals surface area contributed by atoms with Gasteiger partial charge in [-0.05, 0) is 25.1 Å². The number of halogens is 2. The van der Waals surface area contributed by atoms with Crippen LogP contribution in [0.1, 0.15) is 21.9 Å². The minimum Gasteiger partial charge on any atom is -0.414 e. The van der Waals surface area contributed by atoms with Crippen molar-refractivity contribution in [3.8, 4) is 0 Å². The molecule has 0 unspecified atom stereocenters. The standard InChI is InChI=1S/C15H12F2N4O2S/c1-9-4-5-18-21(9)7-14-19-20-15(23-14)24-8-13(22)11-3-2-10(16)6-12(11)17/h2-6H,7-8H2,1H3. The fourth-order valence-electron chi connectivity index (χ4n) is 1.97. The predicted molar refractivity (Wildman–Crippen MR) is 81.8 cm³/mol. The van der Waals surface area contributed by atoms with Gasteiger partial charge in [-0.15, -0.1) is 10.2 Å². The number of hydrogen-bond acceptors (Lipinski definition) is 6. The van der Waals surface area contributed by atoms with Gasteiger partial charge in [0, 0.05) is 18.0 Å². The highest BCUT2D eigenvalue weighted by molar-refractivity contribution is 7.99. The van der Waals surface area contributed by atoms with Gasteiger partial charge in [0.25, 0.3) is 5.22 Å². The van der Waals surface area contributed by atoms with Crippen molar-refractivity contribution in [2.75, 3.05) is 5.75 Å². The normalized spacial score (nSPS) is 11.0. The van der Waals surface area contributed by atoms with Crippen LogP contribution < -0.4 is 0 Å². The van der Waals surface area contributed by atoms with Crippen LogP contribution in [0, 0.1) is 18.6 Å². The first-order valence-electron chi connectivity index (χ1n) is 6.95. The Morgan fingerprint density at radius 3 is 2.83 bits per heavy atom. The summed E-state index contributed by atoms with van der Waals surface area (Å²) in [5.74, 6) is -1.84. The molecule has 0 saturated heterocycles. The van der Waals surface area contributed by atoms with Crippen LogP contribution in [0.2, 0.25) is 0 Å². The third-order valence-electron chi connectivity index (χ3n) is 3.22. The number of hydrogen-bond donors (Lipinski definition) is 0. The van der Waals surface area contributed by atoms with Crippen molar-refractivity contribution in [1.29, 1.82) is 0 Å². The quantitative estimate of drug-likeness (QED) is 0.503. The second-order valence-corrected chi connectivity index (χ2v) is 5.85. The van der Waals surface area contributed by atoms with E-state index in [4.69, 9.17) is 4.42 Å². The molecule has 0 bridgehead atoms. The molecular weight excluding hydrogens is 338 g/mol. The van der Waals surface area contributed by atoms with E-state index in [1.54, 1.807) is 10.9 Å². The van der Waals surface area contributed by atoms with Crippen LogP contribution in [0.4, 0.5) is 8.78 Å². The molecule has 2 heterocycles. The van der Waals surface area contributed by atoms with Crippen molar-refractivity contribution in [2.24, 2.45) is 0 Å². The highest BCUT2D eigenvalue weighted by Crippen LogP contribution is 2.19. The van der Waals surface area contributed by atoms with Crippen molar-refractivity contribution in [2.45, 2.75) is 18.7 Å². The number of Topliss-reactive ketones (excluding diaryl/α,β-unsaturated/α-hetero) is 1. The SMILES string of the molecule is Cc1ccnn1Cc1nnc(SCC(=O)c2ccc(F)cc2F)o1. The van der Waals surface area contributed by atoms with E-state index in [0.29, 0.717) is 18.5 Å². The molecule has 0 amide bonds. The molecule has 124 valence electrons. The van der Waals surface area contributed by atoms with Crippen molar-refractivity contribution in [1.82, 2.24) is 20.0 Å². The molecule has 0 aliphatic heterocycles. The third-order valence-corrected chi connectivity index (χ3v) is 4.04. The summed E-state index contributed by atoms with van der Waals surface area (Å²) in [5, 5.41) is 12.0. The minimum atomic E-state index is -0.888. The average molecular weight is 350 g/mol. The molecule has 0 aliphatic rings. The third kappa shape index (κ3) is 3.67. The van der Waals surface area contributed by atoms with Crippen LogP contribution in [0.3, 0.4) is 0 Å². The largest absolute Gasteiger partial charge is 0.414 e. The summed E-state index contributed by atoms with van der Waals surface area (Å²) in [7, 11) is 0. The van der Waals surface area contributed by atoms with E-state index < -0.39 is 17.4 Å². The predicted octanol–water partition coefficient (Wildman–Crippen LogP) is 2.88. The fraction of sp³-hybridized carbons (Fsp3) is 0.200. The van der Waals surface area contributed by atoms with E-state index in [2.05, 4.69) is 15.3 Å². The van der Waals surface area contributed by atoms with Crippen LogP contribution in [0.5, 0.6) is 0 Å². The van der Waals surface area contributed by atoms with Gasteiger partial charge in [-0.1, -0.05) is 11.8 Å². The zero-order valence-corrected chi connectivity index (χ0v) is 13.4. The number of ketones is 1. The molecule has 3 rings (SSSR count). The van der Waals surface area contributed by atoms with E-state index in [-0.39, 0.29) is 16.5 Å². The van der Waals surface area contributed by atoms with Crippen molar-refractivity contribution >= 4 is 17.5 Å². The maximum Gasteiger partial charge on any atom is 0.277 e. The van der Waals surface area contributed by atoms with Crippen molar-refractivity contribution in [3.05, 3.63) is 59.2 Å². The van der Waals surface area contributed by atoms with Gasteiger partial charge < -0.3 is 4.42 Å². The number of aryl methyl sites for hydroxylation is 1. The van der Waals surface area contributed by atoms with Gasteiger partial charge in [-0.25, -0.2) is 8.78 Å². The van der Waals surface area contributed by atoms with Crippen molar-refractivity contribution < 1.29 is 18.0 Å². The smallest absolute Gasteiger partial charge is 0.277 e. The average Bonchev–Trinajstić information content (AvgIpc) is 3.15. The first-order chi connectivity index (χ1) is 11.5. The number of thioether (sulfide) groups is 1. The molecule has 0 radical (unpaired) electrons. The molecule has 0 fully saturated rings. The monoisotopic (exact) mass is 350 g/mol. The number of carbonyl (C=O) groups excluding carboxylic acids is 1. The molecule has 0 aliphatic carbocycles. The molecule has 6 nitrogen and oxygen atoms in total. The first kappa shape index (κ1) is 16.3. The fourth-order valence-corrected chi connectivity index (χ4v) is 2.64. The summed E-state index contributed by atoms with van der Waals surface area (Å²) in [6, 6.07) is 4.68. The maximum absolute atomic E-state index is 13.5. The number of carbonyl (C=O) groups is 1. The highest BCUT2D eigenvalue weighted by atomic mass is 32.2. The summed E-state index contributed by atoms with van der Waals surface area (Å²) < 4.78 is 33.5. The zero-order valence-electron chi connectivity index (χ0n) is 12.6. The van der Waals surface area contributed by atoms with Crippen LogP contribution >= 0.6 is 11.8 Å². The summed E-state index contributed by atoms with van der Waals surface area (Å²) in [6.45, 7) is 2.22. The lowest BCUT2D eigenvalue weighted by Gasteiger charge is -2.01. The molecular formula is C15H12F2N4O2S. The van der Waals surface area contributed by atoms with Crippen LogP contribution in [0.25, 0.3) is 0 Å². The Morgan fingerprint density at radius 2 is 2.12 bits per heavy atom. The summed E-state index contributed by atoms with van der Waals surface area (Å²) in [6.07, 6.45) is 1.66. The minimum absolute atomic E-state index is 0.0923. The lowest BCUT2D eigenvalue weighted by Crippen LogP contribution is -2.05. The van der Waals surface area contributed by atoms with Crippen LogP contribution in [-0.2, 0) is 6.54 Å². The zero-order chi connectivity index (χ0) is 17.1. The number of rotatable bonds is 6. The highest BCUT2D eigenvalue weighted by Gasteiger charge is 2.15. The molecule has 0 spiro atoms. The molecule has 1 aromatic carbocycles. The lowest BCUT2D eigenvalue weighted by molar-refractivity contribution is 0.101. The van der Waals surface area contributed by atoms with Crippen LogP contribution in [-0.4, -0.2) is 31.5 Å². The summed E-state index contributed by atoms with van der Waals surface area (Å²) in [4.78, 5) is 12.0. The molecule has 0 atom stereocenters. The second kappa shape index (κ2) is 6.91. The number of nitrogens with zero attached hydrogens (tertiary/aromatic N) is 4. The molecule has 9 heteroatoms. The van der Waals surface area contributed by atoms with Crippen LogP contribution in [0.15, 0.2) is 40.1 Å². The van der Waals surface area contributed by atoms with E-state index in [9.17, 15) is 13.6 Å². The van der Waals surface area contributed by atoms with Crippen molar-refractivity contribution in [3.63, 3.8) is 0 Å². The van der Waals surface area contributed by atoms with E-state index in [1.807, 2.05) is 13.0 Å². The van der Waals surface area contributed by atoms with Gasteiger partial charge in [0.15, 0.2) is 5.78 Å². The Balaban J connectivity index is 1.61. The second-order valence-electron chi connectivity index (χ2n) is 4.93. The number of benzene rings is 1. The van der Waals surface area contributed by atoms with Gasteiger partial charge in [0.1, 0.15) is 18.2 Å². The van der Waals surface area contributed by atoms with E-state index in [1.165, 1.54) is 0 Å². The Bertz CT molecular complexity index is 878. The Kier molecular flexibility index (Phi) is 4.70. The summed E-state index contributed by atoms with van der Waals surface area (Å²) >= 11 is 0.994. The number of aromatic nitrogens is 4. The maximum atomic E-state index is 13.5. The van der Waals surface area contributed by atoms with E-state index in [0.717, 1.165) is 29.6 Å². The molecule has 24 heavy (non-hydrogen) atoms. The van der Waals surface area contributed by atoms with Gasteiger partial charge in [-0.2, -0.15) is 5.10 Å². The van der Waals surface area contributed by atoms with Gasteiger partial charge in [-0.3, -0.25) is 9.48 Å². The Hall–Kier alpha value is -2.55. The van der Waals surface area contributed by atoms with Gasteiger partial charge in [0.2, 0.25) is 5.89 Å². The lowest BCUT2D eigenvalue weighted by atomic mass is 10.1. The Labute approximate surface area is 139 Å². The molecule has 0 saturated carbocycles. The van der Waals surface area contributed by atoms with Gasteiger partial charge in [0.05, 0.1) is 11.3 Å². The molecule has 3 aromatic rings.